The van der Waals surface area contributed by atoms with Crippen LogP contribution in [0.5, 0.6) is 11.5 Å². The van der Waals surface area contributed by atoms with Crippen molar-refractivity contribution in [3.05, 3.63) is 63.8 Å². The first kappa shape index (κ1) is 15.8. The van der Waals surface area contributed by atoms with Crippen LogP contribution < -0.4 is 14.9 Å². The molecule has 2 aromatic carbocycles. The highest BCUT2D eigenvalue weighted by Crippen LogP contribution is 2.38. The normalized spacial score (nSPS) is 12.7. The van der Waals surface area contributed by atoms with E-state index in [4.69, 9.17) is 9.47 Å². The molecular formula is C18H14N4O4. The van der Waals surface area contributed by atoms with Gasteiger partial charge in [0.1, 0.15) is 0 Å². The second kappa shape index (κ2) is 6.32. The minimum atomic E-state index is -0.435. The zero-order chi connectivity index (χ0) is 18.1. The van der Waals surface area contributed by atoms with E-state index >= 15 is 0 Å². The number of rotatable bonds is 4. The van der Waals surface area contributed by atoms with Gasteiger partial charge in [-0.25, -0.2) is 0 Å². The monoisotopic (exact) mass is 350 g/mol. The van der Waals surface area contributed by atoms with Gasteiger partial charge in [0, 0.05) is 29.3 Å². The van der Waals surface area contributed by atoms with E-state index in [9.17, 15) is 10.1 Å². The highest BCUT2D eigenvalue weighted by molar-refractivity contribution is 5.94. The topological polar surface area (TPSA) is 98.9 Å². The van der Waals surface area contributed by atoms with Crippen LogP contribution in [-0.4, -0.2) is 22.9 Å². The number of nitrogens with zero attached hydrogens (tertiary/aromatic N) is 3. The summed E-state index contributed by atoms with van der Waals surface area (Å²) < 4.78 is 10.8. The summed E-state index contributed by atoms with van der Waals surface area (Å²) in [7, 11) is 0. The summed E-state index contributed by atoms with van der Waals surface area (Å²) in [4.78, 5) is 14.8. The zero-order valence-electron chi connectivity index (χ0n) is 13.8. The smallest absolute Gasteiger partial charge is 0.269 e. The van der Waals surface area contributed by atoms with Crippen LogP contribution in [0.25, 0.3) is 10.9 Å². The van der Waals surface area contributed by atoms with Gasteiger partial charge in [-0.15, -0.1) is 0 Å². The summed E-state index contributed by atoms with van der Waals surface area (Å²) >= 11 is 0. The van der Waals surface area contributed by atoms with Crippen LogP contribution >= 0.6 is 0 Å². The summed E-state index contributed by atoms with van der Waals surface area (Å²) in [5.74, 6) is 1.35. The highest BCUT2D eigenvalue weighted by Gasteiger charge is 2.16. The number of fused-ring (bicyclic) bond motifs is 2. The number of pyridine rings is 1. The van der Waals surface area contributed by atoms with Gasteiger partial charge >= 0.3 is 0 Å². The Morgan fingerprint density at radius 1 is 1.19 bits per heavy atom. The molecule has 3 aromatic rings. The lowest BCUT2D eigenvalue weighted by Gasteiger charge is -2.08. The predicted molar refractivity (Wildman–Crippen MR) is 96.9 cm³/mol. The largest absolute Gasteiger partial charge is 0.454 e. The van der Waals surface area contributed by atoms with Gasteiger partial charge in [0.25, 0.3) is 5.69 Å². The molecule has 0 fully saturated rings. The molecule has 1 aromatic heterocycles. The second-order valence-corrected chi connectivity index (χ2v) is 5.75. The maximum Gasteiger partial charge on any atom is 0.269 e. The fourth-order valence-corrected chi connectivity index (χ4v) is 2.70. The molecular weight excluding hydrogens is 336 g/mol. The van der Waals surface area contributed by atoms with Crippen LogP contribution in [0, 0.1) is 17.0 Å². The Morgan fingerprint density at radius 3 is 2.65 bits per heavy atom. The number of hydrogen-bond acceptors (Lipinski definition) is 7. The van der Waals surface area contributed by atoms with E-state index in [1.54, 1.807) is 18.3 Å². The number of hydrazone groups is 1. The molecule has 0 atom stereocenters. The van der Waals surface area contributed by atoms with E-state index < -0.39 is 4.92 Å². The molecule has 0 bridgehead atoms. The van der Waals surface area contributed by atoms with Gasteiger partial charge in [0.15, 0.2) is 11.5 Å². The van der Waals surface area contributed by atoms with Crippen molar-refractivity contribution in [1.29, 1.82) is 0 Å². The molecule has 130 valence electrons. The molecule has 1 N–H and O–H groups in total. The minimum absolute atomic E-state index is 0.0435. The summed E-state index contributed by atoms with van der Waals surface area (Å²) in [6.07, 6.45) is 1.60. The van der Waals surface area contributed by atoms with Crippen molar-refractivity contribution in [1.82, 2.24) is 4.98 Å². The summed E-state index contributed by atoms with van der Waals surface area (Å²) in [5.41, 5.74) is 6.19. The van der Waals surface area contributed by atoms with Gasteiger partial charge in [-0.05, 0) is 36.8 Å². The lowest BCUT2D eigenvalue weighted by atomic mass is 10.1. The van der Waals surface area contributed by atoms with Crippen LogP contribution in [0.1, 0.15) is 11.3 Å². The molecule has 1 aliphatic rings. The number of nitro groups is 1. The number of anilines is 1. The van der Waals surface area contributed by atoms with Crippen molar-refractivity contribution >= 4 is 28.5 Å². The maximum absolute atomic E-state index is 10.7. The predicted octanol–water partition coefficient (Wildman–Crippen LogP) is 3.63. The highest BCUT2D eigenvalue weighted by atomic mass is 16.7. The fraction of sp³-hybridized carbons (Fsp3) is 0.111. The van der Waals surface area contributed by atoms with E-state index in [2.05, 4.69) is 15.5 Å². The van der Waals surface area contributed by atoms with Crippen molar-refractivity contribution in [2.75, 3.05) is 12.2 Å². The van der Waals surface area contributed by atoms with Gasteiger partial charge < -0.3 is 9.47 Å². The van der Waals surface area contributed by atoms with E-state index in [0.717, 1.165) is 27.8 Å². The molecule has 4 rings (SSSR count). The average Bonchev–Trinajstić information content (AvgIpc) is 3.07. The molecule has 26 heavy (non-hydrogen) atoms. The van der Waals surface area contributed by atoms with Crippen molar-refractivity contribution in [2.24, 2.45) is 5.10 Å². The molecule has 0 radical (unpaired) electrons. The molecule has 0 saturated carbocycles. The SMILES string of the molecule is Cc1cc(N/N=C/c2ccc([N+](=O)[O-])cc2)c2cc3c(cc2n1)OCO3. The molecule has 2 heterocycles. The lowest BCUT2D eigenvalue weighted by molar-refractivity contribution is -0.384. The van der Waals surface area contributed by atoms with Crippen molar-refractivity contribution in [3.63, 3.8) is 0 Å². The molecule has 0 unspecified atom stereocenters. The lowest BCUT2D eigenvalue weighted by Crippen LogP contribution is -1.95. The number of ether oxygens (including phenoxy) is 2. The van der Waals surface area contributed by atoms with Gasteiger partial charge in [0.05, 0.1) is 22.3 Å². The summed E-state index contributed by atoms with van der Waals surface area (Å²) in [6.45, 7) is 2.10. The third-order valence-corrected chi connectivity index (χ3v) is 3.93. The summed E-state index contributed by atoms with van der Waals surface area (Å²) in [6, 6.07) is 11.7. The third kappa shape index (κ3) is 3.00. The molecule has 0 saturated heterocycles. The van der Waals surface area contributed by atoms with Gasteiger partial charge in [-0.1, -0.05) is 0 Å². The Morgan fingerprint density at radius 2 is 1.92 bits per heavy atom. The standard InChI is InChI=1S/C18H14N4O4/c1-11-6-16(14-7-17-18(26-10-25-17)8-15(14)20-11)21-19-9-12-2-4-13(5-3-12)22(23)24/h2-9H,10H2,1H3,(H,20,21)/b19-9+. The second-order valence-electron chi connectivity index (χ2n) is 5.75. The van der Waals surface area contributed by atoms with Crippen molar-refractivity contribution in [3.8, 4) is 11.5 Å². The number of benzene rings is 2. The first-order valence-corrected chi connectivity index (χ1v) is 7.85. The van der Waals surface area contributed by atoms with Crippen LogP contribution in [0.3, 0.4) is 0 Å². The van der Waals surface area contributed by atoms with Gasteiger partial charge in [-0.2, -0.15) is 5.10 Å². The number of nitro benzene ring substituents is 1. The van der Waals surface area contributed by atoms with Crippen LogP contribution in [0.15, 0.2) is 47.6 Å². The number of non-ortho nitro benzene ring substituents is 1. The number of hydrogen-bond donors (Lipinski definition) is 1. The van der Waals surface area contributed by atoms with Gasteiger partial charge in [-0.3, -0.25) is 20.5 Å². The molecule has 0 amide bonds. The Hall–Kier alpha value is -3.68. The first-order chi connectivity index (χ1) is 12.6. The average molecular weight is 350 g/mol. The quantitative estimate of drug-likeness (QED) is 0.438. The van der Waals surface area contributed by atoms with Crippen LogP contribution in [0.4, 0.5) is 11.4 Å². The molecule has 8 nitrogen and oxygen atoms in total. The van der Waals surface area contributed by atoms with E-state index in [1.165, 1.54) is 12.1 Å². The fourth-order valence-electron chi connectivity index (χ4n) is 2.70. The minimum Gasteiger partial charge on any atom is -0.454 e. The van der Waals surface area contributed by atoms with E-state index in [1.807, 2.05) is 25.1 Å². The molecule has 0 spiro atoms. The number of nitrogens with one attached hydrogen (secondary N) is 1. The molecule has 0 aliphatic carbocycles. The van der Waals surface area contributed by atoms with Crippen molar-refractivity contribution < 1.29 is 14.4 Å². The zero-order valence-corrected chi connectivity index (χ0v) is 13.8. The molecule has 8 heteroatoms. The van der Waals surface area contributed by atoms with Crippen LogP contribution in [-0.2, 0) is 0 Å². The van der Waals surface area contributed by atoms with Gasteiger partial charge in [0.2, 0.25) is 6.79 Å². The number of aryl methyl sites for hydroxylation is 1. The Balaban J connectivity index is 1.61. The first-order valence-electron chi connectivity index (χ1n) is 7.85. The van der Waals surface area contributed by atoms with E-state index in [0.29, 0.717) is 11.5 Å². The Kier molecular flexibility index (Phi) is 3.85. The van der Waals surface area contributed by atoms with Crippen molar-refractivity contribution in [2.45, 2.75) is 6.92 Å². The van der Waals surface area contributed by atoms with Crippen LogP contribution in [0.2, 0.25) is 0 Å². The summed E-state index contributed by atoms with van der Waals surface area (Å²) in [5, 5.41) is 15.8. The maximum atomic E-state index is 10.7. The molecule has 1 aliphatic heterocycles. The Labute approximate surface area is 148 Å². The number of aromatic nitrogens is 1. The van der Waals surface area contributed by atoms with E-state index in [-0.39, 0.29) is 12.5 Å². The Bertz CT molecular complexity index is 1030. The third-order valence-electron chi connectivity index (χ3n) is 3.93.